The van der Waals surface area contributed by atoms with Crippen LogP contribution in [-0.2, 0) is 0 Å². The summed E-state index contributed by atoms with van der Waals surface area (Å²) in [6.07, 6.45) is 5.08. The molecular weight excluding hydrogens is 496 g/mol. The van der Waals surface area contributed by atoms with Gasteiger partial charge in [0.2, 0.25) is 11.9 Å². The lowest BCUT2D eigenvalue weighted by Gasteiger charge is -2.31. The van der Waals surface area contributed by atoms with E-state index in [9.17, 15) is 9.18 Å². The molecule has 0 unspecified atom stereocenters. The molecule has 1 aromatic heterocycles. The van der Waals surface area contributed by atoms with E-state index in [1.807, 2.05) is 47.7 Å². The van der Waals surface area contributed by atoms with Crippen molar-refractivity contribution in [2.45, 2.75) is 37.6 Å². The minimum atomic E-state index is -0.652. The molecule has 0 spiro atoms. The van der Waals surface area contributed by atoms with E-state index in [0.717, 1.165) is 31.5 Å². The van der Waals surface area contributed by atoms with Crippen molar-refractivity contribution in [1.82, 2.24) is 9.97 Å². The third kappa shape index (κ3) is 4.48. The Kier molecular flexibility index (Phi) is 6.59. The third-order valence-electron chi connectivity index (χ3n) is 5.03. The van der Waals surface area contributed by atoms with Gasteiger partial charge >= 0.3 is 0 Å². The smallest absolute Gasteiger partial charge is 0.249 e. The van der Waals surface area contributed by atoms with E-state index in [1.165, 1.54) is 6.07 Å². The molecule has 3 rings (SSSR count). The van der Waals surface area contributed by atoms with Crippen molar-refractivity contribution in [2.75, 3.05) is 24.3 Å². The Hall–Kier alpha value is -1.68. The topological polar surface area (TPSA) is 84.1 Å². The zero-order chi connectivity index (χ0) is 20.4. The van der Waals surface area contributed by atoms with Gasteiger partial charge in [-0.15, -0.1) is 0 Å². The molecular formula is C19H22ClFIN5O. The fourth-order valence-corrected chi connectivity index (χ4v) is 4.38. The van der Waals surface area contributed by atoms with Gasteiger partial charge in [0, 0.05) is 31.9 Å². The summed E-state index contributed by atoms with van der Waals surface area (Å²) in [4.78, 5) is 22.5. The Labute approximate surface area is 182 Å². The maximum absolute atomic E-state index is 14.0. The van der Waals surface area contributed by atoms with Crippen LogP contribution in [0.3, 0.4) is 0 Å². The molecule has 1 aliphatic carbocycles. The average molecular weight is 518 g/mol. The monoisotopic (exact) mass is 517 g/mol. The molecule has 6 nitrogen and oxygen atoms in total. The van der Waals surface area contributed by atoms with Gasteiger partial charge in [-0.3, -0.25) is 4.79 Å². The van der Waals surface area contributed by atoms with Crippen molar-refractivity contribution in [1.29, 1.82) is 0 Å². The van der Waals surface area contributed by atoms with Crippen LogP contribution in [0.4, 0.5) is 16.2 Å². The molecule has 1 aromatic carbocycles. The molecule has 1 heterocycles. The van der Waals surface area contributed by atoms with Crippen molar-refractivity contribution in [2.24, 2.45) is 5.73 Å². The summed E-state index contributed by atoms with van der Waals surface area (Å²) in [5.41, 5.74) is 6.33. The van der Waals surface area contributed by atoms with E-state index in [2.05, 4.69) is 15.3 Å². The number of anilines is 2. The molecule has 2 aromatic rings. The normalized spacial score (nSPS) is 19.3. The third-order valence-corrected chi connectivity index (χ3v) is 6.80. The fraction of sp³-hybridized carbons (Fsp3) is 0.421. The van der Waals surface area contributed by atoms with Crippen LogP contribution in [0.5, 0.6) is 0 Å². The van der Waals surface area contributed by atoms with Gasteiger partial charge < -0.3 is 16.0 Å². The number of aromatic nitrogens is 2. The highest BCUT2D eigenvalue weighted by Crippen LogP contribution is 2.41. The molecule has 28 heavy (non-hydrogen) atoms. The van der Waals surface area contributed by atoms with Crippen molar-refractivity contribution in [3.63, 3.8) is 0 Å². The number of benzene rings is 1. The van der Waals surface area contributed by atoms with Gasteiger partial charge in [0.1, 0.15) is 11.6 Å². The van der Waals surface area contributed by atoms with Gasteiger partial charge in [-0.1, -0.05) is 11.6 Å². The number of halogens is 3. The highest BCUT2D eigenvalue weighted by molar-refractivity contribution is 14.1. The van der Waals surface area contributed by atoms with Crippen molar-refractivity contribution >= 4 is 51.9 Å². The van der Waals surface area contributed by atoms with Gasteiger partial charge in [0.15, 0.2) is 0 Å². The molecule has 1 fully saturated rings. The lowest BCUT2D eigenvalue weighted by Crippen LogP contribution is -2.28. The van der Waals surface area contributed by atoms with E-state index in [-0.39, 0.29) is 17.5 Å². The molecule has 0 saturated heterocycles. The van der Waals surface area contributed by atoms with E-state index >= 15 is 0 Å². The van der Waals surface area contributed by atoms with Crippen LogP contribution in [-0.4, -0.2) is 36.0 Å². The average Bonchev–Trinajstić information content (AvgIpc) is 2.67. The Morgan fingerprint density at radius 3 is 2.64 bits per heavy atom. The number of carbonyl (C=O) groups excluding carboxylic acids is 1. The van der Waals surface area contributed by atoms with Gasteiger partial charge in [0.25, 0.3) is 0 Å². The van der Waals surface area contributed by atoms with Gasteiger partial charge in [-0.2, -0.15) is 4.98 Å². The lowest BCUT2D eigenvalue weighted by atomic mass is 9.80. The number of primary amides is 1. The maximum Gasteiger partial charge on any atom is 0.249 e. The maximum atomic E-state index is 14.0. The summed E-state index contributed by atoms with van der Waals surface area (Å²) < 4.78 is 14.3. The number of nitrogens with zero attached hydrogens (tertiary/aromatic N) is 3. The molecule has 0 bridgehead atoms. The number of nitrogens with two attached hydrogens (primary N) is 1. The quantitative estimate of drug-likeness (QED) is 0.459. The fourth-order valence-electron chi connectivity index (χ4n) is 3.59. The Morgan fingerprint density at radius 1 is 1.36 bits per heavy atom. The second-order valence-electron chi connectivity index (χ2n) is 7.14. The molecule has 150 valence electrons. The van der Waals surface area contributed by atoms with Crippen molar-refractivity contribution in [3.05, 3.63) is 43.9 Å². The Morgan fingerprint density at radius 2 is 2.04 bits per heavy atom. The first-order valence-electron chi connectivity index (χ1n) is 9.02. The molecule has 3 N–H and O–H groups in total. The zero-order valence-corrected chi connectivity index (χ0v) is 18.6. The van der Waals surface area contributed by atoms with Crippen LogP contribution in [0.15, 0.2) is 18.3 Å². The predicted octanol–water partition coefficient (Wildman–Crippen LogP) is 4.18. The largest absolute Gasteiger partial charge is 0.366 e. The van der Waals surface area contributed by atoms with Crippen LogP contribution in [0.25, 0.3) is 0 Å². The van der Waals surface area contributed by atoms with Crippen LogP contribution in [0.2, 0.25) is 5.02 Å². The lowest BCUT2D eigenvalue weighted by molar-refractivity contribution is 0.0998. The van der Waals surface area contributed by atoms with E-state index in [1.54, 1.807) is 6.20 Å². The predicted molar refractivity (Wildman–Crippen MR) is 118 cm³/mol. The first-order valence-corrected chi connectivity index (χ1v) is 10.5. The number of hydrogen-bond acceptors (Lipinski definition) is 5. The van der Waals surface area contributed by atoms with Crippen LogP contribution >= 0.6 is 34.2 Å². The second kappa shape index (κ2) is 8.77. The highest BCUT2D eigenvalue weighted by atomic mass is 127. The minimum absolute atomic E-state index is 0.0659. The zero-order valence-electron chi connectivity index (χ0n) is 15.7. The number of hydrogen-bond donors (Lipinski definition) is 2. The van der Waals surface area contributed by atoms with Gasteiger partial charge in [0.05, 0.1) is 8.59 Å². The minimum Gasteiger partial charge on any atom is -0.366 e. The first kappa shape index (κ1) is 21.0. The summed E-state index contributed by atoms with van der Waals surface area (Å²) in [6, 6.07) is 3.28. The summed E-state index contributed by atoms with van der Waals surface area (Å²) in [5.74, 6) is 0.334. The Balaban J connectivity index is 1.73. The highest BCUT2D eigenvalue weighted by Gasteiger charge is 2.29. The number of nitrogens with one attached hydrogen (secondary N) is 1. The van der Waals surface area contributed by atoms with Crippen molar-refractivity contribution < 1.29 is 9.18 Å². The first-order chi connectivity index (χ1) is 13.3. The van der Waals surface area contributed by atoms with Gasteiger partial charge in [-0.25, -0.2) is 9.37 Å². The van der Waals surface area contributed by atoms with Crippen LogP contribution in [0, 0.1) is 9.39 Å². The SMILES string of the molecule is CN(C)c1ccnc(NC2CCC(c3c(C(N)=O)cc(F)c(I)c3Cl)CC2)n1. The van der Waals surface area contributed by atoms with Crippen molar-refractivity contribution in [3.8, 4) is 0 Å². The van der Waals surface area contributed by atoms with Crippen LogP contribution in [0.1, 0.15) is 47.5 Å². The van der Waals surface area contributed by atoms with E-state index in [4.69, 9.17) is 17.3 Å². The summed E-state index contributed by atoms with van der Waals surface area (Å²) >= 11 is 8.26. The molecule has 0 aliphatic heterocycles. The molecule has 1 saturated carbocycles. The second-order valence-corrected chi connectivity index (χ2v) is 8.59. The standard InChI is InChI=1S/C19H22ClFIN5O/c1-27(2)14-7-8-24-19(26-14)25-11-5-3-10(4-6-11)15-12(18(23)28)9-13(21)17(22)16(15)20/h7-11H,3-6H2,1-2H3,(H2,23,28)(H,24,25,26). The molecule has 9 heteroatoms. The molecule has 0 radical (unpaired) electrons. The molecule has 0 atom stereocenters. The van der Waals surface area contributed by atoms with Gasteiger partial charge in [-0.05, 0) is 71.9 Å². The van der Waals surface area contributed by atoms with E-state index in [0.29, 0.717) is 20.1 Å². The van der Waals surface area contributed by atoms with E-state index < -0.39 is 11.7 Å². The molecule has 1 aliphatic rings. The number of carbonyl (C=O) groups is 1. The molecule has 1 amide bonds. The number of rotatable bonds is 5. The summed E-state index contributed by atoms with van der Waals surface area (Å²) in [5, 5.41) is 3.68. The Bertz CT molecular complexity index is 887. The summed E-state index contributed by atoms with van der Waals surface area (Å²) in [7, 11) is 3.86. The summed E-state index contributed by atoms with van der Waals surface area (Å²) in [6.45, 7) is 0. The van der Waals surface area contributed by atoms with Crippen LogP contribution < -0.4 is 16.0 Å². The number of amides is 1.